The number of carbonyl (C=O) groups excluding carboxylic acids is 1. The molecule has 0 unspecified atom stereocenters. The first kappa shape index (κ1) is 12.0. The van der Waals surface area contributed by atoms with E-state index < -0.39 is 0 Å². The van der Waals surface area contributed by atoms with Crippen molar-refractivity contribution in [2.75, 3.05) is 6.61 Å². The Morgan fingerprint density at radius 3 is 2.80 bits per heavy atom. The van der Waals surface area contributed by atoms with Gasteiger partial charge in [0.05, 0.1) is 17.5 Å². The van der Waals surface area contributed by atoms with E-state index in [1.54, 1.807) is 0 Å². The van der Waals surface area contributed by atoms with Crippen molar-refractivity contribution in [2.45, 2.75) is 44.1 Å². The van der Waals surface area contributed by atoms with Crippen molar-refractivity contribution >= 4 is 11.9 Å². The highest BCUT2D eigenvalue weighted by Crippen LogP contribution is 2.46. The monoisotopic (exact) mass is 270 g/mol. The van der Waals surface area contributed by atoms with Crippen LogP contribution in [0.25, 0.3) is 6.08 Å². The van der Waals surface area contributed by atoms with Crippen LogP contribution in [0.3, 0.4) is 0 Å². The normalized spacial score (nSPS) is 22.7. The zero-order chi connectivity index (χ0) is 13.6. The number of ether oxygens (including phenoxy) is 2. The van der Waals surface area contributed by atoms with Crippen molar-refractivity contribution in [2.24, 2.45) is 0 Å². The van der Waals surface area contributed by atoms with E-state index in [2.05, 4.69) is 0 Å². The zero-order valence-corrected chi connectivity index (χ0v) is 11.5. The van der Waals surface area contributed by atoms with Gasteiger partial charge >= 0.3 is 0 Å². The van der Waals surface area contributed by atoms with Gasteiger partial charge in [-0.15, -0.1) is 0 Å². The molecule has 1 aliphatic carbocycles. The molecule has 20 heavy (non-hydrogen) atoms. The fourth-order valence-corrected chi connectivity index (χ4v) is 3.61. The van der Waals surface area contributed by atoms with Crippen LogP contribution in [-0.2, 0) is 0 Å². The first-order valence-electron chi connectivity index (χ1n) is 7.46. The third-order valence-electron chi connectivity index (χ3n) is 4.64. The lowest BCUT2D eigenvalue weighted by molar-refractivity contribution is 0.0132. The minimum absolute atomic E-state index is 0.218. The number of ketones is 1. The average Bonchev–Trinajstić information content (AvgIpc) is 2.48. The van der Waals surface area contributed by atoms with Gasteiger partial charge in [0.2, 0.25) is 0 Å². The second-order valence-corrected chi connectivity index (χ2v) is 6.01. The molecule has 1 saturated carbocycles. The first-order valence-corrected chi connectivity index (χ1v) is 7.46. The van der Waals surface area contributed by atoms with Crippen LogP contribution in [0.5, 0.6) is 11.5 Å². The lowest BCUT2D eigenvalue weighted by Crippen LogP contribution is -2.43. The highest BCUT2D eigenvalue weighted by Gasteiger charge is 2.42. The zero-order valence-electron chi connectivity index (χ0n) is 11.5. The summed E-state index contributed by atoms with van der Waals surface area (Å²) in [5.74, 6) is 1.79. The van der Waals surface area contributed by atoms with E-state index in [0.717, 1.165) is 48.3 Å². The molecule has 2 aliphatic heterocycles. The van der Waals surface area contributed by atoms with Crippen LogP contribution in [0, 0.1) is 0 Å². The summed E-state index contributed by atoms with van der Waals surface area (Å²) in [7, 11) is 0. The summed E-state index contributed by atoms with van der Waals surface area (Å²) in [6.45, 7) is 0.588. The third-order valence-corrected chi connectivity index (χ3v) is 4.64. The predicted molar refractivity (Wildman–Crippen MR) is 76.4 cm³/mol. The minimum atomic E-state index is -0.261. The molecule has 3 heteroatoms. The van der Waals surface area contributed by atoms with Gasteiger partial charge in [0.25, 0.3) is 0 Å². The van der Waals surface area contributed by atoms with Crippen molar-refractivity contribution in [3.05, 3.63) is 29.3 Å². The molecule has 1 aromatic carbocycles. The van der Waals surface area contributed by atoms with Gasteiger partial charge in [0.1, 0.15) is 23.7 Å². The van der Waals surface area contributed by atoms with Gasteiger partial charge in [-0.2, -0.15) is 0 Å². The van der Waals surface area contributed by atoms with E-state index in [4.69, 9.17) is 9.47 Å². The van der Waals surface area contributed by atoms with Crippen molar-refractivity contribution < 1.29 is 14.3 Å². The van der Waals surface area contributed by atoms with Gasteiger partial charge in [-0.1, -0.05) is 6.42 Å². The summed E-state index contributed by atoms with van der Waals surface area (Å²) in [4.78, 5) is 12.5. The maximum atomic E-state index is 12.5. The van der Waals surface area contributed by atoms with Crippen molar-refractivity contribution in [1.82, 2.24) is 0 Å². The van der Waals surface area contributed by atoms with E-state index in [0.29, 0.717) is 13.0 Å². The average molecular weight is 270 g/mol. The Morgan fingerprint density at radius 2 is 1.95 bits per heavy atom. The maximum absolute atomic E-state index is 12.5. The van der Waals surface area contributed by atoms with Gasteiger partial charge in [-0.05, 0) is 50.0 Å². The lowest BCUT2D eigenvalue weighted by Gasteiger charge is -2.41. The number of benzene rings is 1. The van der Waals surface area contributed by atoms with E-state index in [1.165, 1.54) is 6.42 Å². The molecular weight excluding hydrogens is 252 g/mol. The molecular formula is C17H18O3. The number of rotatable bonds is 0. The van der Waals surface area contributed by atoms with E-state index in [1.807, 2.05) is 24.3 Å². The van der Waals surface area contributed by atoms with Gasteiger partial charge in [-0.25, -0.2) is 0 Å². The van der Waals surface area contributed by atoms with E-state index in [-0.39, 0.29) is 11.4 Å². The SMILES string of the molecule is O=C1CC2(CCCCC2)Oc2c1ccc1c2C=CCO1. The summed E-state index contributed by atoms with van der Waals surface area (Å²) in [6, 6.07) is 3.74. The van der Waals surface area contributed by atoms with Crippen molar-refractivity contribution in [1.29, 1.82) is 0 Å². The van der Waals surface area contributed by atoms with E-state index >= 15 is 0 Å². The molecule has 1 spiro atoms. The highest BCUT2D eigenvalue weighted by atomic mass is 16.5. The summed E-state index contributed by atoms with van der Waals surface area (Å²) >= 11 is 0. The van der Waals surface area contributed by atoms with Gasteiger partial charge in [-0.3, -0.25) is 4.79 Å². The largest absolute Gasteiger partial charge is 0.489 e. The molecule has 0 atom stereocenters. The number of Topliss-reactive ketones (excluding diaryl/α,β-unsaturated/α-hetero) is 1. The van der Waals surface area contributed by atoms with Crippen LogP contribution in [0.15, 0.2) is 18.2 Å². The van der Waals surface area contributed by atoms with Crippen molar-refractivity contribution in [3.63, 3.8) is 0 Å². The Balaban J connectivity index is 1.82. The topological polar surface area (TPSA) is 35.5 Å². The molecule has 0 aromatic heterocycles. The van der Waals surface area contributed by atoms with Crippen LogP contribution in [-0.4, -0.2) is 18.0 Å². The number of hydrogen-bond acceptors (Lipinski definition) is 3. The molecule has 1 aromatic rings. The van der Waals surface area contributed by atoms with Crippen LogP contribution in [0.4, 0.5) is 0 Å². The predicted octanol–water partition coefficient (Wildman–Crippen LogP) is 3.76. The summed E-state index contributed by atoms with van der Waals surface area (Å²) in [5, 5.41) is 0. The molecule has 1 fully saturated rings. The maximum Gasteiger partial charge on any atom is 0.170 e. The molecule has 3 nitrogen and oxygen atoms in total. The highest BCUT2D eigenvalue weighted by molar-refractivity contribution is 6.02. The quantitative estimate of drug-likeness (QED) is 0.720. The van der Waals surface area contributed by atoms with Gasteiger partial charge < -0.3 is 9.47 Å². The first-order chi connectivity index (χ1) is 9.77. The van der Waals surface area contributed by atoms with Gasteiger partial charge in [0, 0.05) is 0 Å². The molecule has 4 rings (SSSR count). The Hall–Kier alpha value is -1.77. The Kier molecular flexibility index (Phi) is 2.62. The Morgan fingerprint density at radius 1 is 1.10 bits per heavy atom. The summed E-state index contributed by atoms with van der Waals surface area (Å²) in [6.07, 6.45) is 10.1. The molecule has 104 valence electrons. The summed E-state index contributed by atoms with van der Waals surface area (Å²) < 4.78 is 12.0. The number of carbonyl (C=O) groups is 1. The molecule has 0 radical (unpaired) electrons. The van der Waals surface area contributed by atoms with Crippen LogP contribution in [0.1, 0.15) is 54.4 Å². The lowest BCUT2D eigenvalue weighted by atomic mass is 9.78. The molecule has 2 heterocycles. The summed E-state index contributed by atoms with van der Waals surface area (Å²) in [5.41, 5.74) is 1.39. The molecule has 3 aliphatic rings. The smallest absolute Gasteiger partial charge is 0.170 e. The fraction of sp³-hybridized carbons (Fsp3) is 0.471. The second-order valence-electron chi connectivity index (χ2n) is 6.01. The minimum Gasteiger partial charge on any atom is -0.489 e. The molecule has 0 bridgehead atoms. The van der Waals surface area contributed by atoms with Crippen LogP contribution >= 0.6 is 0 Å². The Bertz CT molecular complexity index is 594. The third kappa shape index (κ3) is 1.76. The van der Waals surface area contributed by atoms with E-state index in [9.17, 15) is 4.79 Å². The molecule has 0 N–H and O–H groups in total. The fourth-order valence-electron chi connectivity index (χ4n) is 3.61. The standard InChI is InChI=1S/C17H18O3/c18-14-11-17(8-2-1-3-9-17)20-16-12(14)6-7-15-13(16)5-4-10-19-15/h4-7H,1-3,8-11H2. The van der Waals surface area contributed by atoms with Gasteiger partial charge in [0.15, 0.2) is 5.78 Å². The van der Waals surface area contributed by atoms with Crippen LogP contribution in [0.2, 0.25) is 0 Å². The molecule has 0 amide bonds. The number of fused-ring (bicyclic) bond motifs is 3. The van der Waals surface area contributed by atoms with Crippen molar-refractivity contribution in [3.8, 4) is 11.5 Å². The molecule has 0 saturated heterocycles. The van der Waals surface area contributed by atoms with Crippen LogP contribution < -0.4 is 9.47 Å². The second kappa shape index (κ2) is 4.37. The Labute approximate surface area is 118 Å². The number of hydrogen-bond donors (Lipinski definition) is 0.